The first-order valence-electron chi connectivity index (χ1n) is 9.97. The number of thiophene rings is 1. The Morgan fingerprint density at radius 1 is 1.03 bits per heavy atom. The molecule has 2 aromatic heterocycles. The second-order valence-corrected chi connectivity index (χ2v) is 8.27. The minimum absolute atomic E-state index is 0.303. The highest BCUT2D eigenvalue weighted by molar-refractivity contribution is 7.12. The Kier molecular flexibility index (Phi) is 6.13. The zero-order chi connectivity index (χ0) is 21.8. The first kappa shape index (κ1) is 20.8. The third-order valence-electron chi connectivity index (χ3n) is 5.20. The third kappa shape index (κ3) is 4.67. The molecule has 2 aromatic carbocycles. The van der Waals surface area contributed by atoms with Crippen LogP contribution in [0.4, 0.5) is 4.39 Å². The van der Waals surface area contributed by atoms with Crippen molar-refractivity contribution in [3.05, 3.63) is 94.1 Å². The molecule has 158 valence electrons. The van der Waals surface area contributed by atoms with Gasteiger partial charge in [-0.15, -0.1) is 11.3 Å². The van der Waals surface area contributed by atoms with E-state index in [1.807, 2.05) is 35.8 Å². The van der Waals surface area contributed by atoms with E-state index in [9.17, 15) is 14.0 Å². The Morgan fingerprint density at radius 2 is 1.81 bits per heavy atom. The Hall–Kier alpha value is -3.45. The largest absolute Gasteiger partial charge is 0.361 e. The molecule has 0 aliphatic rings. The highest BCUT2D eigenvalue weighted by atomic mass is 32.1. The number of para-hydroxylation sites is 1. The lowest BCUT2D eigenvalue weighted by atomic mass is 10.0. The van der Waals surface area contributed by atoms with Crippen LogP contribution < -0.4 is 10.6 Å². The predicted molar refractivity (Wildman–Crippen MR) is 121 cm³/mol. The maximum absolute atomic E-state index is 14.1. The van der Waals surface area contributed by atoms with Crippen LogP contribution in [0.25, 0.3) is 10.9 Å². The van der Waals surface area contributed by atoms with Crippen molar-refractivity contribution in [2.24, 2.45) is 0 Å². The van der Waals surface area contributed by atoms with Crippen molar-refractivity contribution in [1.82, 2.24) is 15.6 Å². The fraction of sp³-hybridized carbons (Fsp3) is 0.167. The molecular weight excluding hydrogens is 413 g/mol. The molecule has 2 heterocycles. The second-order valence-electron chi connectivity index (χ2n) is 7.32. The quantitative estimate of drug-likeness (QED) is 0.397. The average Bonchev–Trinajstić information content (AvgIpc) is 3.44. The third-order valence-corrected chi connectivity index (χ3v) is 6.06. The highest BCUT2D eigenvalue weighted by Gasteiger charge is 2.25. The summed E-state index contributed by atoms with van der Waals surface area (Å²) < 4.78 is 14.1. The molecule has 0 saturated heterocycles. The number of hydrogen-bond acceptors (Lipinski definition) is 3. The number of halogens is 1. The van der Waals surface area contributed by atoms with Crippen molar-refractivity contribution >= 4 is 34.1 Å². The number of aromatic amines is 1. The smallest absolute Gasteiger partial charge is 0.262 e. The van der Waals surface area contributed by atoms with E-state index >= 15 is 0 Å². The Labute approximate surface area is 183 Å². The standard InChI is InChI=1S/C24H22FN3O2S/c1-15(17-7-2-4-9-19(17)25)27-23(29)21(28-24(30)22-11-6-12-31-22)13-16-14-26-20-10-5-3-8-18(16)20/h2-12,14-15,21,26H,13H2,1H3,(H,27,29)(H,28,30)/t15?,21-/m0/s1. The highest BCUT2D eigenvalue weighted by Crippen LogP contribution is 2.21. The molecule has 2 amide bonds. The fourth-order valence-corrected chi connectivity index (χ4v) is 4.21. The Bertz CT molecular complexity index is 1200. The summed E-state index contributed by atoms with van der Waals surface area (Å²) in [5, 5.41) is 8.50. The van der Waals surface area contributed by atoms with Crippen LogP contribution in [0.5, 0.6) is 0 Å². The van der Waals surface area contributed by atoms with Gasteiger partial charge in [0.05, 0.1) is 10.9 Å². The van der Waals surface area contributed by atoms with Gasteiger partial charge in [0.25, 0.3) is 5.91 Å². The summed E-state index contributed by atoms with van der Waals surface area (Å²) in [6.07, 6.45) is 2.15. The molecule has 0 fully saturated rings. The van der Waals surface area contributed by atoms with Gasteiger partial charge in [-0.2, -0.15) is 0 Å². The lowest BCUT2D eigenvalue weighted by Gasteiger charge is -2.22. The SMILES string of the molecule is CC(NC(=O)[C@H](Cc1c[nH]c2ccccc12)NC(=O)c1cccs1)c1ccccc1F. The summed E-state index contributed by atoms with van der Waals surface area (Å²) in [4.78, 5) is 29.5. The van der Waals surface area contributed by atoms with Gasteiger partial charge in [-0.3, -0.25) is 9.59 Å². The van der Waals surface area contributed by atoms with Crippen LogP contribution in [0.3, 0.4) is 0 Å². The van der Waals surface area contributed by atoms with Gasteiger partial charge in [0.1, 0.15) is 11.9 Å². The van der Waals surface area contributed by atoms with E-state index in [-0.39, 0.29) is 17.6 Å². The van der Waals surface area contributed by atoms with Crippen LogP contribution in [0.15, 0.2) is 72.2 Å². The second kappa shape index (κ2) is 9.14. The lowest BCUT2D eigenvalue weighted by molar-refractivity contribution is -0.123. The molecule has 0 spiro atoms. The number of carbonyl (C=O) groups is 2. The number of hydrogen-bond donors (Lipinski definition) is 3. The molecule has 0 aliphatic heterocycles. The van der Waals surface area contributed by atoms with E-state index in [1.54, 1.807) is 37.3 Å². The van der Waals surface area contributed by atoms with Crippen molar-refractivity contribution in [2.75, 3.05) is 0 Å². The monoisotopic (exact) mass is 435 g/mol. The summed E-state index contributed by atoms with van der Waals surface area (Å²) >= 11 is 1.31. The van der Waals surface area contributed by atoms with Crippen LogP contribution >= 0.6 is 11.3 Å². The maximum atomic E-state index is 14.1. The van der Waals surface area contributed by atoms with Gasteiger partial charge in [-0.05, 0) is 36.1 Å². The van der Waals surface area contributed by atoms with Gasteiger partial charge in [-0.1, -0.05) is 42.5 Å². The van der Waals surface area contributed by atoms with Crippen molar-refractivity contribution in [1.29, 1.82) is 0 Å². The van der Waals surface area contributed by atoms with Gasteiger partial charge >= 0.3 is 0 Å². The summed E-state index contributed by atoms with van der Waals surface area (Å²) in [7, 11) is 0. The molecule has 0 saturated carbocycles. The van der Waals surface area contributed by atoms with Crippen molar-refractivity contribution in [3.8, 4) is 0 Å². The maximum Gasteiger partial charge on any atom is 0.262 e. The molecule has 0 radical (unpaired) electrons. The van der Waals surface area contributed by atoms with E-state index in [4.69, 9.17) is 0 Å². The van der Waals surface area contributed by atoms with Crippen molar-refractivity contribution in [2.45, 2.75) is 25.4 Å². The van der Waals surface area contributed by atoms with Crippen LogP contribution in [-0.2, 0) is 11.2 Å². The minimum Gasteiger partial charge on any atom is -0.361 e. The van der Waals surface area contributed by atoms with Gasteiger partial charge in [0.15, 0.2) is 0 Å². The normalized spacial score (nSPS) is 13.0. The van der Waals surface area contributed by atoms with E-state index in [0.29, 0.717) is 16.9 Å². The van der Waals surface area contributed by atoms with Gasteiger partial charge in [-0.25, -0.2) is 4.39 Å². The molecule has 1 unspecified atom stereocenters. The number of nitrogens with one attached hydrogen (secondary N) is 3. The zero-order valence-corrected chi connectivity index (χ0v) is 17.7. The van der Waals surface area contributed by atoms with E-state index < -0.39 is 12.1 Å². The molecule has 31 heavy (non-hydrogen) atoms. The van der Waals surface area contributed by atoms with Gasteiger partial charge < -0.3 is 15.6 Å². The van der Waals surface area contributed by atoms with Crippen molar-refractivity contribution < 1.29 is 14.0 Å². The molecule has 2 atom stereocenters. The summed E-state index contributed by atoms with van der Waals surface area (Å²) in [5.41, 5.74) is 2.27. The fourth-order valence-electron chi connectivity index (χ4n) is 3.58. The molecule has 0 bridgehead atoms. The van der Waals surface area contributed by atoms with E-state index in [1.165, 1.54) is 17.4 Å². The van der Waals surface area contributed by atoms with Crippen LogP contribution in [0.2, 0.25) is 0 Å². The Morgan fingerprint density at radius 3 is 2.58 bits per heavy atom. The van der Waals surface area contributed by atoms with Crippen molar-refractivity contribution in [3.63, 3.8) is 0 Å². The minimum atomic E-state index is -0.817. The summed E-state index contributed by atoms with van der Waals surface area (Å²) in [5.74, 6) is -1.06. The van der Waals surface area contributed by atoms with Crippen LogP contribution in [0, 0.1) is 5.82 Å². The first-order chi connectivity index (χ1) is 15.0. The number of fused-ring (bicyclic) bond motifs is 1. The number of amides is 2. The summed E-state index contributed by atoms with van der Waals surface area (Å²) in [6.45, 7) is 1.72. The van der Waals surface area contributed by atoms with Crippen LogP contribution in [0.1, 0.15) is 33.8 Å². The van der Waals surface area contributed by atoms with Gasteiger partial charge in [0, 0.05) is 29.1 Å². The molecule has 3 N–H and O–H groups in total. The number of rotatable bonds is 7. The number of H-pyrrole nitrogens is 1. The lowest BCUT2D eigenvalue weighted by Crippen LogP contribution is -2.48. The number of benzene rings is 2. The van der Waals surface area contributed by atoms with Crippen LogP contribution in [-0.4, -0.2) is 22.8 Å². The number of aromatic nitrogens is 1. The predicted octanol–water partition coefficient (Wildman–Crippen LogP) is 4.59. The average molecular weight is 436 g/mol. The van der Waals surface area contributed by atoms with E-state index in [0.717, 1.165) is 16.5 Å². The van der Waals surface area contributed by atoms with E-state index in [2.05, 4.69) is 15.6 Å². The topological polar surface area (TPSA) is 74.0 Å². The molecule has 0 aliphatic carbocycles. The van der Waals surface area contributed by atoms with Gasteiger partial charge in [0.2, 0.25) is 5.91 Å². The molecule has 4 rings (SSSR count). The molecule has 7 heteroatoms. The number of carbonyl (C=O) groups excluding carboxylic acids is 2. The molecule has 4 aromatic rings. The Balaban J connectivity index is 1.57. The summed E-state index contributed by atoms with van der Waals surface area (Å²) in [6, 6.07) is 16.3. The zero-order valence-electron chi connectivity index (χ0n) is 16.9. The molecular formula is C24H22FN3O2S. The first-order valence-corrected chi connectivity index (χ1v) is 10.8. The molecule has 5 nitrogen and oxygen atoms in total.